The van der Waals surface area contributed by atoms with Gasteiger partial charge >= 0.3 is 11.5 Å². The van der Waals surface area contributed by atoms with Gasteiger partial charge in [0.25, 0.3) is 5.88 Å². The van der Waals surface area contributed by atoms with Gasteiger partial charge in [-0.3, -0.25) is 4.79 Å². The third-order valence-corrected chi connectivity index (χ3v) is 2.48. The van der Waals surface area contributed by atoms with Crippen molar-refractivity contribution in [1.82, 2.24) is 9.55 Å². The molecule has 0 aliphatic rings. The lowest BCUT2D eigenvalue weighted by Crippen LogP contribution is -2.18. The van der Waals surface area contributed by atoms with E-state index in [-0.39, 0.29) is 11.4 Å². The average molecular weight is 260 g/mol. The summed E-state index contributed by atoms with van der Waals surface area (Å²) in [5.41, 5.74) is 0.0725. The number of hydrogen-bond donors (Lipinski definition) is 0. The van der Waals surface area contributed by atoms with E-state index in [0.717, 1.165) is 0 Å². The van der Waals surface area contributed by atoms with Crippen molar-refractivity contribution in [2.24, 2.45) is 7.05 Å². The van der Waals surface area contributed by atoms with Crippen LogP contribution >= 0.6 is 0 Å². The molecule has 0 spiro atoms. The van der Waals surface area contributed by atoms with Crippen molar-refractivity contribution in [2.75, 3.05) is 7.11 Å². The first-order valence-corrected chi connectivity index (χ1v) is 5.49. The lowest BCUT2D eigenvalue weighted by molar-refractivity contribution is 0.0600. The molecular formula is C13H12N2O4. The van der Waals surface area contributed by atoms with Crippen LogP contribution in [0.1, 0.15) is 10.4 Å². The van der Waals surface area contributed by atoms with E-state index >= 15 is 0 Å². The van der Waals surface area contributed by atoms with E-state index in [2.05, 4.69) is 9.72 Å². The lowest BCUT2D eigenvalue weighted by atomic mass is 10.2. The number of aromatic nitrogens is 2. The molecule has 0 N–H and O–H groups in total. The Kier molecular flexibility index (Phi) is 3.61. The van der Waals surface area contributed by atoms with E-state index < -0.39 is 5.97 Å². The molecule has 0 unspecified atom stereocenters. The summed E-state index contributed by atoms with van der Waals surface area (Å²) < 4.78 is 11.3. The zero-order chi connectivity index (χ0) is 13.8. The van der Waals surface area contributed by atoms with Gasteiger partial charge in [-0.2, -0.15) is 0 Å². The Morgan fingerprint density at radius 1 is 1.26 bits per heavy atom. The minimum atomic E-state index is -0.430. The second-order valence-corrected chi connectivity index (χ2v) is 3.77. The summed E-state index contributed by atoms with van der Waals surface area (Å²) in [4.78, 5) is 26.8. The number of aryl methyl sites for hydroxylation is 1. The van der Waals surface area contributed by atoms with Crippen LogP contribution in [0.2, 0.25) is 0 Å². The molecule has 1 aromatic heterocycles. The molecule has 1 aromatic carbocycles. The van der Waals surface area contributed by atoms with E-state index in [0.29, 0.717) is 11.3 Å². The Labute approximate surface area is 109 Å². The molecule has 0 saturated heterocycles. The van der Waals surface area contributed by atoms with Gasteiger partial charge in [-0.1, -0.05) is 0 Å². The molecule has 6 heteroatoms. The van der Waals surface area contributed by atoms with Crippen molar-refractivity contribution >= 4 is 5.97 Å². The highest BCUT2D eigenvalue weighted by atomic mass is 16.5. The largest absolute Gasteiger partial charge is 0.465 e. The van der Waals surface area contributed by atoms with E-state index in [1.165, 1.54) is 24.1 Å². The summed E-state index contributed by atoms with van der Waals surface area (Å²) in [6.07, 6.45) is 3.01. The standard InChI is InChI=1S/C13H12N2O4/c1-15-8-7-14-11(12(15)16)19-10-5-3-9(4-6-10)13(17)18-2/h3-8H,1-2H3. The zero-order valence-corrected chi connectivity index (χ0v) is 10.5. The normalized spacial score (nSPS) is 10.0. The maximum absolute atomic E-state index is 11.7. The van der Waals surface area contributed by atoms with Gasteiger partial charge in [-0.15, -0.1) is 0 Å². The van der Waals surface area contributed by atoms with Crippen molar-refractivity contribution in [3.8, 4) is 11.6 Å². The van der Waals surface area contributed by atoms with Gasteiger partial charge in [0.05, 0.1) is 12.7 Å². The van der Waals surface area contributed by atoms with Crippen LogP contribution in [0, 0.1) is 0 Å². The SMILES string of the molecule is COC(=O)c1ccc(Oc2nccn(C)c2=O)cc1. The Bertz CT molecular complexity index is 646. The fourth-order valence-electron chi connectivity index (χ4n) is 1.43. The second kappa shape index (κ2) is 5.34. The summed E-state index contributed by atoms with van der Waals surface area (Å²) in [7, 11) is 2.92. The van der Waals surface area contributed by atoms with Crippen molar-refractivity contribution in [3.05, 3.63) is 52.6 Å². The van der Waals surface area contributed by atoms with Crippen molar-refractivity contribution < 1.29 is 14.3 Å². The molecule has 0 aliphatic carbocycles. The Hall–Kier alpha value is -2.63. The average Bonchev–Trinajstić information content (AvgIpc) is 2.44. The first-order valence-electron chi connectivity index (χ1n) is 5.49. The first kappa shape index (κ1) is 12.8. The number of esters is 1. The highest BCUT2D eigenvalue weighted by Gasteiger charge is 2.08. The number of benzene rings is 1. The molecule has 2 rings (SSSR count). The number of carbonyl (C=O) groups is 1. The molecule has 0 atom stereocenters. The Morgan fingerprint density at radius 2 is 1.95 bits per heavy atom. The van der Waals surface area contributed by atoms with Crippen LogP contribution in [0.25, 0.3) is 0 Å². The number of methoxy groups -OCH3 is 1. The van der Waals surface area contributed by atoms with Crippen LogP contribution in [0.5, 0.6) is 11.6 Å². The topological polar surface area (TPSA) is 70.4 Å². The highest BCUT2D eigenvalue weighted by molar-refractivity contribution is 5.89. The second-order valence-electron chi connectivity index (χ2n) is 3.77. The summed E-state index contributed by atoms with van der Waals surface area (Å²) in [5, 5.41) is 0. The van der Waals surface area contributed by atoms with Gasteiger partial charge < -0.3 is 14.0 Å². The summed E-state index contributed by atoms with van der Waals surface area (Å²) in [6.45, 7) is 0. The molecular weight excluding hydrogens is 248 g/mol. The summed E-state index contributed by atoms with van der Waals surface area (Å²) >= 11 is 0. The molecule has 0 fully saturated rings. The third kappa shape index (κ3) is 2.79. The van der Waals surface area contributed by atoms with Gasteiger partial charge in [0.1, 0.15) is 5.75 Å². The first-order chi connectivity index (χ1) is 9.11. The molecule has 2 aromatic rings. The van der Waals surface area contributed by atoms with Crippen molar-refractivity contribution in [3.63, 3.8) is 0 Å². The molecule has 98 valence electrons. The van der Waals surface area contributed by atoms with Gasteiger partial charge in [0, 0.05) is 19.4 Å². The number of hydrogen-bond acceptors (Lipinski definition) is 5. The van der Waals surface area contributed by atoms with E-state index in [9.17, 15) is 9.59 Å². The summed E-state index contributed by atoms with van der Waals surface area (Å²) in [6, 6.07) is 6.24. The van der Waals surface area contributed by atoms with Gasteiger partial charge in [0.15, 0.2) is 0 Å². The van der Waals surface area contributed by atoms with E-state index in [1.54, 1.807) is 31.3 Å². The molecule has 19 heavy (non-hydrogen) atoms. The van der Waals surface area contributed by atoms with E-state index in [4.69, 9.17) is 4.74 Å². The number of rotatable bonds is 3. The van der Waals surface area contributed by atoms with Gasteiger partial charge in [0.2, 0.25) is 0 Å². The molecule has 6 nitrogen and oxygen atoms in total. The minimum absolute atomic E-state index is 0.0178. The zero-order valence-electron chi connectivity index (χ0n) is 10.5. The molecule has 1 heterocycles. The minimum Gasteiger partial charge on any atom is -0.465 e. The molecule has 0 radical (unpaired) electrons. The predicted octanol–water partition coefficient (Wildman–Crippen LogP) is 1.36. The molecule has 0 aliphatic heterocycles. The van der Waals surface area contributed by atoms with Crippen LogP contribution in [-0.2, 0) is 11.8 Å². The smallest absolute Gasteiger partial charge is 0.337 e. The number of ether oxygens (including phenoxy) is 2. The molecule has 0 amide bonds. The highest BCUT2D eigenvalue weighted by Crippen LogP contribution is 2.17. The van der Waals surface area contributed by atoms with Gasteiger partial charge in [-0.25, -0.2) is 9.78 Å². The third-order valence-electron chi connectivity index (χ3n) is 2.48. The van der Waals surface area contributed by atoms with Crippen LogP contribution in [0.4, 0.5) is 0 Å². The molecule has 0 saturated carbocycles. The van der Waals surface area contributed by atoms with Crippen molar-refractivity contribution in [2.45, 2.75) is 0 Å². The predicted molar refractivity (Wildman–Crippen MR) is 67.3 cm³/mol. The van der Waals surface area contributed by atoms with Crippen LogP contribution in [0.15, 0.2) is 41.5 Å². The fourth-order valence-corrected chi connectivity index (χ4v) is 1.43. The van der Waals surface area contributed by atoms with Crippen LogP contribution < -0.4 is 10.3 Å². The van der Waals surface area contributed by atoms with Crippen molar-refractivity contribution in [1.29, 1.82) is 0 Å². The maximum atomic E-state index is 11.7. The Balaban J connectivity index is 2.22. The quantitative estimate of drug-likeness (QED) is 0.779. The van der Waals surface area contributed by atoms with Crippen LogP contribution in [-0.4, -0.2) is 22.6 Å². The van der Waals surface area contributed by atoms with Crippen LogP contribution in [0.3, 0.4) is 0 Å². The fraction of sp³-hybridized carbons (Fsp3) is 0.154. The van der Waals surface area contributed by atoms with E-state index in [1.807, 2.05) is 0 Å². The molecule has 0 bridgehead atoms. The maximum Gasteiger partial charge on any atom is 0.337 e. The lowest BCUT2D eigenvalue weighted by Gasteiger charge is -2.05. The number of carbonyl (C=O) groups excluding carboxylic acids is 1. The monoisotopic (exact) mass is 260 g/mol. The Morgan fingerprint density at radius 3 is 2.58 bits per heavy atom. The summed E-state index contributed by atoms with van der Waals surface area (Å²) in [5.74, 6) is -0.0282. The number of nitrogens with zero attached hydrogens (tertiary/aromatic N) is 2. The van der Waals surface area contributed by atoms with Gasteiger partial charge in [-0.05, 0) is 24.3 Å².